The number of aromatic nitrogens is 2. The highest BCUT2D eigenvalue weighted by molar-refractivity contribution is 6.04. The number of imide groups is 2. The average molecular weight is 683 g/mol. The van der Waals surface area contributed by atoms with E-state index < -0.39 is 35.2 Å². The maximum Gasteiger partial charge on any atom is 0.414 e. The van der Waals surface area contributed by atoms with Crippen molar-refractivity contribution in [1.29, 1.82) is 0 Å². The fourth-order valence-electron chi connectivity index (χ4n) is 5.09. The SMILES string of the molecule is CC(C)(C)OC(=O)NC(=O)c1nc(N)ccc1C1CCOC1.CC(C)(C)OC(=O)NC(=O)c1nc(NC(=O)C2CC2)ccc1C1CCOC1. The first kappa shape index (κ1) is 37.2. The van der Waals surface area contributed by atoms with E-state index >= 15 is 0 Å². The van der Waals surface area contributed by atoms with Crippen molar-refractivity contribution in [3.63, 3.8) is 0 Å². The Hall–Kier alpha value is -4.63. The van der Waals surface area contributed by atoms with Crippen LogP contribution in [0.15, 0.2) is 24.3 Å². The van der Waals surface area contributed by atoms with Gasteiger partial charge in [-0.2, -0.15) is 0 Å². The third-order valence-electron chi connectivity index (χ3n) is 7.47. The van der Waals surface area contributed by atoms with E-state index in [1.807, 2.05) is 0 Å². The molecular formula is C34H46N6O9. The zero-order valence-electron chi connectivity index (χ0n) is 28.8. The molecule has 4 heterocycles. The molecule has 15 heteroatoms. The number of nitrogens with one attached hydrogen (secondary N) is 3. The molecule has 2 saturated heterocycles. The minimum Gasteiger partial charge on any atom is -0.444 e. The van der Waals surface area contributed by atoms with E-state index in [2.05, 4.69) is 25.9 Å². The molecule has 5 N–H and O–H groups in total. The first-order valence-corrected chi connectivity index (χ1v) is 16.3. The summed E-state index contributed by atoms with van der Waals surface area (Å²) in [7, 11) is 0. The average Bonchev–Trinajstić information content (AvgIpc) is 3.43. The minimum atomic E-state index is -0.838. The molecule has 2 aromatic heterocycles. The molecule has 15 nitrogen and oxygen atoms in total. The Morgan fingerprint density at radius 2 is 1.18 bits per heavy atom. The van der Waals surface area contributed by atoms with Crippen LogP contribution in [-0.4, -0.2) is 77.5 Å². The first-order valence-electron chi connectivity index (χ1n) is 16.3. The van der Waals surface area contributed by atoms with E-state index in [4.69, 9.17) is 24.7 Å². The standard InChI is InChI=1S/C19H25N3O5.C15H21N3O4/c1-19(2,3)27-18(25)22-17(24)15-13(12-8-9-26-10-12)6-7-14(20-15)21-16(23)11-4-5-11;1-15(2,3)22-14(20)18-13(19)12-10(4-5-11(16)17-12)9-6-7-21-8-9/h6-7,11-12H,4-5,8-10H2,1-3H3,(H,20,21,23)(H,22,24,25);4-5,9H,6-8H2,1-3H3,(H2,16,17)(H,18,19,20). The molecule has 3 fully saturated rings. The number of pyridine rings is 2. The molecule has 0 radical (unpaired) electrons. The maximum atomic E-state index is 12.7. The smallest absolute Gasteiger partial charge is 0.414 e. The van der Waals surface area contributed by atoms with Gasteiger partial charge in [-0.1, -0.05) is 12.1 Å². The van der Waals surface area contributed by atoms with Crippen LogP contribution in [0.25, 0.3) is 0 Å². The molecule has 2 aliphatic heterocycles. The number of nitrogen functional groups attached to an aromatic ring is 1. The number of hydrogen-bond donors (Lipinski definition) is 4. The second-order valence-corrected chi connectivity index (χ2v) is 14.1. The van der Waals surface area contributed by atoms with Gasteiger partial charge >= 0.3 is 12.2 Å². The van der Waals surface area contributed by atoms with E-state index in [1.165, 1.54) is 0 Å². The molecule has 5 amide bonds. The zero-order chi connectivity index (χ0) is 35.9. The van der Waals surface area contributed by atoms with Gasteiger partial charge in [-0.05, 0) is 90.5 Å². The third-order valence-corrected chi connectivity index (χ3v) is 7.47. The maximum absolute atomic E-state index is 12.7. The van der Waals surface area contributed by atoms with Gasteiger partial charge in [-0.3, -0.25) is 25.0 Å². The molecule has 2 unspecified atom stereocenters. The van der Waals surface area contributed by atoms with Crippen LogP contribution >= 0.6 is 0 Å². The summed E-state index contributed by atoms with van der Waals surface area (Å²) in [4.78, 5) is 69.0. The number of anilines is 2. The molecule has 0 aromatic carbocycles. The topological polar surface area (TPSA) is 210 Å². The highest BCUT2D eigenvalue weighted by atomic mass is 16.6. The van der Waals surface area contributed by atoms with Crippen LogP contribution in [0.5, 0.6) is 0 Å². The number of rotatable bonds is 6. The van der Waals surface area contributed by atoms with Crippen molar-refractivity contribution in [2.45, 2.75) is 90.3 Å². The second kappa shape index (κ2) is 15.7. The summed E-state index contributed by atoms with van der Waals surface area (Å²) >= 11 is 0. The van der Waals surface area contributed by atoms with Gasteiger partial charge in [0.05, 0.1) is 13.2 Å². The Labute approximate surface area is 285 Å². The summed E-state index contributed by atoms with van der Waals surface area (Å²) in [6.45, 7) is 12.6. The van der Waals surface area contributed by atoms with Gasteiger partial charge < -0.3 is 30.0 Å². The van der Waals surface area contributed by atoms with Gasteiger partial charge in [0.15, 0.2) is 0 Å². The summed E-state index contributed by atoms with van der Waals surface area (Å²) < 4.78 is 21.0. The molecule has 0 bridgehead atoms. The number of nitrogens with zero attached hydrogens (tertiary/aromatic N) is 2. The van der Waals surface area contributed by atoms with Crippen LogP contribution in [0.3, 0.4) is 0 Å². The van der Waals surface area contributed by atoms with Crippen molar-refractivity contribution in [2.24, 2.45) is 5.92 Å². The van der Waals surface area contributed by atoms with Crippen LogP contribution in [0.1, 0.15) is 111 Å². The fraction of sp³-hybridized carbons (Fsp3) is 0.559. The number of ether oxygens (including phenoxy) is 4. The summed E-state index contributed by atoms with van der Waals surface area (Å²) in [6.07, 6.45) is 1.66. The Morgan fingerprint density at radius 1 is 0.714 bits per heavy atom. The summed E-state index contributed by atoms with van der Waals surface area (Å²) in [6, 6.07) is 6.83. The van der Waals surface area contributed by atoms with Crippen LogP contribution in [-0.2, 0) is 23.7 Å². The van der Waals surface area contributed by atoms with Crippen molar-refractivity contribution >= 4 is 41.5 Å². The van der Waals surface area contributed by atoms with E-state index in [-0.39, 0.29) is 40.9 Å². The largest absolute Gasteiger partial charge is 0.444 e. The normalized spacial score (nSPS) is 18.8. The van der Waals surface area contributed by atoms with Crippen LogP contribution < -0.4 is 21.7 Å². The number of alkyl carbamates (subject to hydrolysis) is 2. The summed E-state index contributed by atoms with van der Waals surface area (Å²) in [5.74, 6) is -0.748. The summed E-state index contributed by atoms with van der Waals surface area (Å²) in [5.41, 5.74) is 5.91. The lowest BCUT2D eigenvalue weighted by atomic mass is 9.96. The Bertz CT molecular complexity index is 1550. The van der Waals surface area contributed by atoms with Gasteiger partial charge in [-0.15, -0.1) is 0 Å². The molecule has 2 atom stereocenters. The lowest BCUT2D eigenvalue weighted by molar-refractivity contribution is -0.117. The Balaban J connectivity index is 0.000000226. The Kier molecular flexibility index (Phi) is 11.9. The summed E-state index contributed by atoms with van der Waals surface area (Å²) in [5, 5.41) is 7.13. The van der Waals surface area contributed by atoms with Crippen molar-refractivity contribution in [2.75, 3.05) is 37.5 Å². The molecule has 2 aromatic rings. The van der Waals surface area contributed by atoms with Crippen molar-refractivity contribution in [3.05, 3.63) is 46.8 Å². The molecule has 1 saturated carbocycles. The van der Waals surface area contributed by atoms with E-state index in [1.54, 1.807) is 65.8 Å². The molecular weight excluding hydrogens is 636 g/mol. The molecule has 5 rings (SSSR count). The molecule has 1 aliphatic carbocycles. The van der Waals surface area contributed by atoms with Gasteiger partial charge in [0, 0.05) is 31.0 Å². The molecule has 3 aliphatic rings. The van der Waals surface area contributed by atoms with Gasteiger partial charge in [0.2, 0.25) is 5.91 Å². The number of carbonyl (C=O) groups excluding carboxylic acids is 5. The highest BCUT2D eigenvalue weighted by Crippen LogP contribution is 2.32. The van der Waals surface area contributed by atoms with Crippen molar-refractivity contribution in [1.82, 2.24) is 20.6 Å². The van der Waals surface area contributed by atoms with Crippen molar-refractivity contribution < 1.29 is 42.9 Å². The second-order valence-electron chi connectivity index (χ2n) is 14.1. The number of carbonyl (C=O) groups is 5. The van der Waals surface area contributed by atoms with Crippen LogP contribution in [0, 0.1) is 5.92 Å². The van der Waals surface area contributed by atoms with Crippen molar-refractivity contribution in [3.8, 4) is 0 Å². The number of hydrogen-bond acceptors (Lipinski definition) is 12. The zero-order valence-corrected chi connectivity index (χ0v) is 28.8. The highest BCUT2D eigenvalue weighted by Gasteiger charge is 2.31. The lowest BCUT2D eigenvalue weighted by Gasteiger charge is -2.20. The number of nitrogens with two attached hydrogens (primary N) is 1. The quantitative estimate of drug-likeness (QED) is 0.333. The molecule has 266 valence electrons. The van der Waals surface area contributed by atoms with E-state index in [0.29, 0.717) is 37.8 Å². The van der Waals surface area contributed by atoms with E-state index in [9.17, 15) is 24.0 Å². The van der Waals surface area contributed by atoms with Gasteiger partial charge in [0.1, 0.15) is 34.2 Å². The third kappa shape index (κ3) is 11.5. The Morgan fingerprint density at radius 3 is 1.61 bits per heavy atom. The van der Waals surface area contributed by atoms with Crippen LogP contribution in [0.4, 0.5) is 21.2 Å². The monoisotopic (exact) mass is 682 g/mol. The first-order chi connectivity index (χ1) is 23.0. The lowest BCUT2D eigenvalue weighted by Crippen LogP contribution is -2.37. The molecule has 49 heavy (non-hydrogen) atoms. The van der Waals surface area contributed by atoms with Gasteiger partial charge in [0.25, 0.3) is 11.8 Å². The molecule has 0 spiro atoms. The van der Waals surface area contributed by atoms with Gasteiger partial charge in [-0.25, -0.2) is 19.6 Å². The predicted octanol–water partition coefficient (Wildman–Crippen LogP) is 4.43. The number of amides is 5. The minimum absolute atomic E-state index is 0.0186. The fourth-order valence-corrected chi connectivity index (χ4v) is 5.09. The van der Waals surface area contributed by atoms with E-state index in [0.717, 1.165) is 31.2 Å². The van der Waals surface area contributed by atoms with Crippen LogP contribution in [0.2, 0.25) is 0 Å². The predicted molar refractivity (Wildman–Crippen MR) is 178 cm³/mol.